The third-order valence-corrected chi connectivity index (χ3v) is 4.96. The van der Waals surface area contributed by atoms with Gasteiger partial charge >= 0.3 is 0 Å². The van der Waals surface area contributed by atoms with Crippen molar-refractivity contribution in [2.24, 2.45) is 0 Å². The first-order chi connectivity index (χ1) is 12.2. The Morgan fingerprint density at radius 1 is 1.16 bits per heavy atom. The Hall–Kier alpha value is -2.20. The van der Waals surface area contributed by atoms with Crippen molar-refractivity contribution in [3.63, 3.8) is 0 Å². The molecule has 1 heterocycles. The summed E-state index contributed by atoms with van der Waals surface area (Å²) in [6.07, 6.45) is 3.58. The molecule has 0 saturated carbocycles. The maximum Gasteiger partial charge on any atom is 0.261 e. The molecule has 25 heavy (non-hydrogen) atoms. The van der Waals surface area contributed by atoms with Crippen molar-refractivity contribution in [3.8, 4) is 11.5 Å². The molecule has 1 atom stereocenters. The van der Waals surface area contributed by atoms with Crippen molar-refractivity contribution in [3.05, 3.63) is 58.1 Å². The molecule has 1 amide bonds. The highest BCUT2D eigenvalue weighted by Gasteiger charge is 2.28. The van der Waals surface area contributed by atoms with Crippen LogP contribution in [0.15, 0.2) is 36.4 Å². The number of aryl methyl sites for hydroxylation is 2. The SMILES string of the molecule is O=C(NCCOc1ccc2c(c1)CCC2)C1Cc2cc(Cl)ccc2O1. The molecule has 0 radical (unpaired) electrons. The molecule has 0 saturated heterocycles. The van der Waals surface area contributed by atoms with Gasteiger partial charge in [-0.15, -0.1) is 0 Å². The lowest BCUT2D eigenvalue weighted by molar-refractivity contribution is -0.127. The minimum atomic E-state index is -0.492. The molecular formula is C20H20ClNO3. The summed E-state index contributed by atoms with van der Waals surface area (Å²) in [6.45, 7) is 0.892. The third-order valence-electron chi connectivity index (χ3n) is 4.73. The molecule has 1 unspecified atom stereocenters. The quantitative estimate of drug-likeness (QED) is 0.835. The standard InChI is InChI=1S/C20H20ClNO3/c21-16-5-7-18-15(10-16)12-19(25-18)20(23)22-8-9-24-17-6-4-13-2-1-3-14(13)11-17/h4-7,10-11,19H,1-3,8-9,12H2,(H,22,23). The fraction of sp³-hybridized carbons (Fsp3) is 0.350. The summed E-state index contributed by atoms with van der Waals surface area (Å²) in [6, 6.07) is 11.7. The molecule has 0 aromatic heterocycles. The summed E-state index contributed by atoms with van der Waals surface area (Å²) >= 11 is 5.97. The van der Waals surface area contributed by atoms with Crippen molar-refractivity contribution >= 4 is 17.5 Å². The van der Waals surface area contributed by atoms with Gasteiger partial charge in [-0.3, -0.25) is 4.79 Å². The van der Waals surface area contributed by atoms with Crippen LogP contribution in [0.25, 0.3) is 0 Å². The van der Waals surface area contributed by atoms with E-state index >= 15 is 0 Å². The number of nitrogens with one attached hydrogen (secondary N) is 1. The maximum absolute atomic E-state index is 12.2. The van der Waals surface area contributed by atoms with E-state index in [2.05, 4.69) is 17.4 Å². The van der Waals surface area contributed by atoms with Crippen LogP contribution in [0, 0.1) is 0 Å². The fourth-order valence-electron chi connectivity index (χ4n) is 3.46. The van der Waals surface area contributed by atoms with Gasteiger partial charge in [0.15, 0.2) is 6.10 Å². The topological polar surface area (TPSA) is 47.6 Å². The molecule has 2 aromatic carbocycles. The predicted molar refractivity (Wildman–Crippen MR) is 96.5 cm³/mol. The first-order valence-corrected chi connectivity index (χ1v) is 9.04. The minimum absolute atomic E-state index is 0.120. The van der Waals surface area contributed by atoms with Gasteiger partial charge in [-0.05, 0) is 66.3 Å². The van der Waals surface area contributed by atoms with Crippen LogP contribution in [0.1, 0.15) is 23.1 Å². The average molecular weight is 358 g/mol. The van der Waals surface area contributed by atoms with Gasteiger partial charge in [0.25, 0.3) is 5.91 Å². The molecule has 0 bridgehead atoms. The number of carbonyl (C=O) groups is 1. The molecule has 5 heteroatoms. The molecule has 0 fully saturated rings. The predicted octanol–water partition coefficient (Wildman–Crippen LogP) is 3.33. The van der Waals surface area contributed by atoms with Gasteiger partial charge in [-0.25, -0.2) is 0 Å². The van der Waals surface area contributed by atoms with Gasteiger partial charge in [0.2, 0.25) is 0 Å². The Morgan fingerprint density at radius 3 is 2.96 bits per heavy atom. The Balaban J connectivity index is 1.23. The second kappa shape index (κ2) is 6.96. The number of fused-ring (bicyclic) bond motifs is 2. The second-order valence-electron chi connectivity index (χ2n) is 6.49. The molecule has 1 aliphatic carbocycles. The first-order valence-electron chi connectivity index (χ1n) is 8.66. The Labute approximate surface area is 152 Å². The van der Waals surface area contributed by atoms with Gasteiger partial charge in [0, 0.05) is 11.4 Å². The van der Waals surface area contributed by atoms with E-state index in [1.165, 1.54) is 24.0 Å². The van der Waals surface area contributed by atoms with E-state index in [1.54, 1.807) is 6.07 Å². The van der Waals surface area contributed by atoms with Crippen molar-refractivity contribution in [1.29, 1.82) is 0 Å². The summed E-state index contributed by atoms with van der Waals surface area (Å²) in [4.78, 5) is 12.2. The number of benzene rings is 2. The normalized spacial score (nSPS) is 17.6. The first kappa shape index (κ1) is 16.3. The van der Waals surface area contributed by atoms with E-state index in [0.717, 1.165) is 23.5 Å². The molecule has 0 spiro atoms. The van der Waals surface area contributed by atoms with Crippen LogP contribution in [-0.2, 0) is 24.1 Å². The van der Waals surface area contributed by atoms with Crippen molar-refractivity contribution < 1.29 is 14.3 Å². The molecule has 1 N–H and O–H groups in total. The van der Waals surface area contributed by atoms with E-state index in [-0.39, 0.29) is 5.91 Å². The number of carbonyl (C=O) groups excluding carboxylic acids is 1. The Morgan fingerprint density at radius 2 is 2.04 bits per heavy atom. The van der Waals surface area contributed by atoms with E-state index < -0.39 is 6.10 Å². The third kappa shape index (κ3) is 3.59. The number of rotatable bonds is 5. The fourth-order valence-corrected chi connectivity index (χ4v) is 3.65. The van der Waals surface area contributed by atoms with Gasteiger partial charge < -0.3 is 14.8 Å². The molecule has 4 rings (SSSR count). The molecule has 130 valence electrons. The summed E-state index contributed by atoms with van der Waals surface area (Å²) in [5, 5.41) is 3.53. The number of hydrogen-bond acceptors (Lipinski definition) is 3. The minimum Gasteiger partial charge on any atom is -0.492 e. The molecule has 4 nitrogen and oxygen atoms in total. The zero-order chi connectivity index (χ0) is 17.2. The number of hydrogen-bond donors (Lipinski definition) is 1. The van der Waals surface area contributed by atoms with Crippen molar-refractivity contribution in [2.75, 3.05) is 13.2 Å². The second-order valence-corrected chi connectivity index (χ2v) is 6.92. The van der Waals surface area contributed by atoms with Crippen LogP contribution in [0.2, 0.25) is 5.02 Å². The smallest absolute Gasteiger partial charge is 0.261 e. The van der Waals surface area contributed by atoms with E-state index in [1.807, 2.05) is 18.2 Å². The van der Waals surface area contributed by atoms with Gasteiger partial charge in [0.05, 0.1) is 6.54 Å². The molecular weight excluding hydrogens is 338 g/mol. The van der Waals surface area contributed by atoms with Gasteiger partial charge in [0.1, 0.15) is 18.1 Å². The van der Waals surface area contributed by atoms with Crippen molar-refractivity contribution in [2.45, 2.75) is 31.8 Å². The highest BCUT2D eigenvalue weighted by molar-refractivity contribution is 6.30. The molecule has 2 aliphatic rings. The lowest BCUT2D eigenvalue weighted by atomic mass is 10.1. The van der Waals surface area contributed by atoms with Crippen LogP contribution >= 0.6 is 11.6 Å². The zero-order valence-electron chi connectivity index (χ0n) is 13.9. The number of amides is 1. The number of halogens is 1. The number of ether oxygens (including phenoxy) is 2. The van der Waals surface area contributed by atoms with Gasteiger partial charge in [-0.1, -0.05) is 17.7 Å². The van der Waals surface area contributed by atoms with Crippen LogP contribution in [-0.4, -0.2) is 25.2 Å². The van der Waals surface area contributed by atoms with Crippen LogP contribution in [0.4, 0.5) is 0 Å². The molecule has 2 aromatic rings. The monoisotopic (exact) mass is 357 g/mol. The summed E-state index contributed by atoms with van der Waals surface area (Å²) < 4.78 is 11.4. The average Bonchev–Trinajstić information content (AvgIpc) is 3.24. The lowest BCUT2D eigenvalue weighted by Crippen LogP contribution is -2.39. The van der Waals surface area contributed by atoms with E-state index in [4.69, 9.17) is 21.1 Å². The van der Waals surface area contributed by atoms with E-state index in [9.17, 15) is 4.79 Å². The highest BCUT2D eigenvalue weighted by atomic mass is 35.5. The highest BCUT2D eigenvalue weighted by Crippen LogP contribution is 2.31. The Kier molecular flexibility index (Phi) is 4.53. The lowest BCUT2D eigenvalue weighted by Gasteiger charge is -2.12. The van der Waals surface area contributed by atoms with Crippen LogP contribution in [0.5, 0.6) is 11.5 Å². The Bertz CT molecular complexity index is 806. The maximum atomic E-state index is 12.2. The van der Waals surface area contributed by atoms with E-state index in [0.29, 0.717) is 24.6 Å². The molecule has 1 aliphatic heterocycles. The summed E-state index contributed by atoms with van der Waals surface area (Å²) in [5.74, 6) is 1.48. The van der Waals surface area contributed by atoms with Crippen molar-refractivity contribution in [1.82, 2.24) is 5.32 Å². The van der Waals surface area contributed by atoms with Gasteiger partial charge in [-0.2, -0.15) is 0 Å². The summed E-state index contributed by atoms with van der Waals surface area (Å²) in [7, 11) is 0. The zero-order valence-corrected chi connectivity index (χ0v) is 14.6. The largest absolute Gasteiger partial charge is 0.492 e. The summed E-state index contributed by atoms with van der Waals surface area (Å²) in [5.41, 5.74) is 3.79. The van der Waals surface area contributed by atoms with Crippen LogP contribution in [0.3, 0.4) is 0 Å². The van der Waals surface area contributed by atoms with Crippen LogP contribution < -0.4 is 14.8 Å².